The molecule has 1 N–H and O–H groups in total. The van der Waals surface area contributed by atoms with Gasteiger partial charge in [0.05, 0.1) is 17.4 Å². The van der Waals surface area contributed by atoms with Crippen LogP contribution >= 0.6 is 0 Å². The van der Waals surface area contributed by atoms with Gasteiger partial charge in [-0.05, 0) is 25.1 Å². The van der Waals surface area contributed by atoms with E-state index in [1.165, 1.54) is 0 Å². The summed E-state index contributed by atoms with van der Waals surface area (Å²) in [6.45, 7) is 9.21. The van der Waals surface area contributed by atoms with Gasteiger partial charge in [0.1, 0.15) is 0 Å². The van der Waals surface area contributed by atoms with Crippen LogP contribution in [0.1, 0.15) is 13.3 Å². The second-order valence-corrected chi connectivity index (χ2v) is 7.19. The maximum Gasteiger partial charge on any atom is 0.221 e. The van der Waals surface area contributed by atoms with Crippen molar-refractivity contribution in [3.8, 4) is 0 Å². The predicted molar refractivity (Wildman–Crippen MR) is 100 cm³/mol. The molecule has 2 heterocycles. The number of benzene rings is 1. The molecule has 1 atom stereocenters. The van der Waals surface area contributed by atoms with Gasteiger partial charge in [0.2, 0.25) is 5.91 Å². The quantitative estimate of drug-likeness (QED) is 0.826. The summed E-state index contributed by atoms with van der Waals surface area (Å²) < 4.78 is 2.04. The molecule has 3 rings (SSSR count). The number of amides is 1. The van der Waals surface area contributed by atoms with Gasteiger partial charge in [0.15, 0.2) is 0 Å². The third kappa shape index (κ3) is 5.03. The minimum Gasteiger partial charge on any atom is -0.356 e. The molecule has 0 saturated carbocycles. The van der Waals surface area contributed by atoms with Gasteiger partial charge in [-0.1, -0.05) is 19.1 Å². The van der Waals surface area contributed by atoms with Crippen molar-refractivity contribution < 1.29 is 4.79 Å². The van der Waals surface area contributed by atoms with Gasteiger partial charge >= 0.3 is 0 Å². The first kappa shape index (κ1) is 17.9. The van der Waals surface area contributed by atoms with E-state index in [9.17, 15) is 4.79 Å². The highest BCUT2D eigenvalue weighted by Crippen LogP contribution is 2.12. The van der Waals surface area contributed by atoms with Crippen molar-refractivity contribution in [1.82, 2.24) is 24.7 Å². The molecule has 1 fully saturated rings. The van der Waals surface area contributed by atoms with E-state index in [4.69, 9.17) is 0 Å². The number of piperazine rings is 1. The SMILES string of the molecule is C[C@@H](CNC(=O)CCn1cnc2ccccc21)CN1CCN(C)CC1. The fraction of sp³-hybridized carbons (Fsp3) is 0.579. The van der Waals surface area contributed by atoms with E-state index >= 15 is 0 Å². The average molecular weight is 343 g/mol. The highest BCUT2D eigenvalue weighted by molar-refractivity contribution is 5.77. The number of aryl methyl sites for hydroxylation is 1. The van der Waals surface area contributed by atoms with Crippen LogP contribution in [0.4, 0.5) is 0 Å². The molecule has 0 radical (unpaired) electrons. The standard InChI is InChI=1S/C19H29N5O/c1-16(14-23-11-9-22(2)10-12-23)13-20-19(25)7-8-24-15-21-17-5-3-4-6-18(17)24/h3-6,15-16H,7-14H2,1-2H3,(H,20,25)/t16-/m0/s1. The molecule has 1 aromatic carbocycles. The molecule has 25 heavy (non-hydrogen) atoms. The maximum absolute atomic E-state index is 12.1. The summed E-state index contributed by atoms with van der Waals surface area (Å²) >= 11 is 0. The monoisotopic (exact) mass is 343 g/mol. The number of rotatable bonds is 7. The van der Waals surface area contributed by atoms with Gasteiger partial charge in [0.25, 0.3) is 0 Å². The Labute approximate surface area is 149 Å². The molecule has 136 valence electrons. The molecule has 1 amide bonds. The number of hydrogen-bond acceptors (Lipinski definition) is 4. The Morgan fingerprint density at radius 3 is 2.80 bits per heavy atom. The molecule has 0 aliphatic carbocycles. The van der Waals surface area contributed by atoms with Crippen molar-refractivity contribution in [3.63, 3.8) is 0 Å². The van der Waals surface area contributed by atoms with Crippen molar-refractivity contribution >= 4 is 16.9 Å². The smallest absolute Gasteiger partial charge is 0.221 e. The Hall–Kier alpha value is -1.92. The average Bonchev–Trinajstić information content (AvgIpc) is 3.03. The van der Waals surface area contributed by atoms with E-state index < -0.39 is 0 Å². The zero-order valence-electron chi connectivity index (χ0n) is 15.3. The van der Waals surface area contributed by atoms with E-state index in [1.807, 2.05) is 35.2 Å². The number of para-hydroxylation sites is 2. The molecule has 0 bridgehead atoms. The minimum atomic E-state index is 0.114. The second kappa shape index (κ2) is 8.45. The zero-order chi connectivity index (χ0) is 17.6. The number of fused-ring (bicyclic) bond motifs is 1. The molecule has 1 aromatic heterocycles. The van der Waals surface area contributed by atoms with Crippen molar-refractivity contribution in [2.75, 3.05) is 46.3 Å². The van der Waals surface area contributed by atoms with Gasteiger partial charge in [-0.15, -0.1) is 0 Å². The molecule has 0 spiro atoms. The van der Waals surface area contributed by atoms with Crippen LogP contribution in [0.2, 0.25) is 0 Å². The Morgan fingerprint density at radius 1 is 1.24 bits per heavy atom. The summed E-state index contributed by atoms with van der Waals surface area (Å²) in [5.41, 5.74) is 2.06. The lowest BCUT2D eigenvalue weighted by Gasteiger charge is -2.33. The van der Waals surface area contributed by atoms with Crippen LogP contribution in [0, 0.1) is 5.92 Å². The number of imidazole rings is 1. The van der Waals surface area contributed by atoms with Crippen molar-refractivity contribution in [2.45, 2.75) is 19.9 Å². The highest BCUT2D eigenvalue weighted by Gasteiger charge is 2.16. The number of carbonyl (C=O) groups is 1. The third-order valence-electron chi connectivity index (χ3n) is 4.92. The van der Waals surface area contributed by atoms with Gasteiger partial charge < -0.3 is 19.7 Å². The van der Waals surface area contributed by atoms with E-state index in [1.54, 1.807) is 0 Å². The molecule has 2 aromatic rings. The Kier molecular flexibility index (Phi) is 6.04. The minimum absolute atomic E-state index is 0.114. The van der Waals surface area contributed by atoms with Gasteiger partial charge in [-0.25, -0.2) is 4.98 Å². The fourth-order valence-corrected chi connectivity index (χ4v) is 3.32. The van der Waals surface area contributed by atoms with Crippen LogP contribution in [0.3, 0.4) is 0 Å². The number of carbonyl (C=O) groups excluding carboxylic acids is 1. The predicted octanol–water partition coefficient (Wildman–Crippen LogP) is 1.43. The van der Waals surface area contributed by atoms with Crippen LogP contribution in [-0.4, -0.2) is 71.6 Å². The van der Waals surface area contributed by atoms with E-state index in [-0.39, 0.29) is 5.91 Å². The summed E-state index contributed by atoms with van der Waals surface area (Å²) in [5.74, 6) is 0.587. The van der Waals surface area contributed by atoms with Gasteiger partial charge in [-0.2, -0.15) is 0 Å². The fourth-order valence-electron chi connectivity index (χ4n) is 3.32. The summed E-state index contributed by atoms with van der Waals surface area (Å²) in [4.78, 5) is 21.4. The highest BCUT2D eigenvalue weighted by atomic mass is 16.1. The number of likely N-dealkylation sites (N-methyl/N-ethyl adjacent to an activating group) is 1. The normalized spacial score (nSPS) is 17.7. The first-order chi connectivity index (χ1) is 12.1. The van der Waals surface area contributed by atoms with Gasteiger partial charge in [0, 0.05) is 52.2 Å². The van der Waals surface area contributed by atoms with Gasteiger partial charge in [-0.3, -0.25) is 4.79 Å². The lowest BCUT2D eigenvalue weighted by Crippen LogP contribution is -2.46. The number of nitrogens with one attached hydrogen (secondary N) is 1. The lowest BCUT2D eigenvalue weighted by molar-refractivity contribution is -0.121. The van der Waals surface area contributed by atoms with Crippen LogP contribution in [-0.2, 0) is 11.3 Å². The lowest BCUT2D eigenvalue weighted by atomic mass is 10.1. The Morgan fingerprint density at radius 2 is 2.00 bits per heavy atom. The molecule has 1 aliphatic heterocycles. The largest absolute Gasteiger partial charge is 0.356 e. The van der Waals surface area contributed by atoms with Crippen LogP contribution in [0.25, 0.3) is 11.0 Å². The molecule has 0 unspecified atom stereocenters. The van der Waals surface area contributed by atoms with Crippen molar-refractivity contribution in [3.05, 3.63) is 30.6 Å². The second-order valence-electron chi connectivity index (χ2n) is 7.19. The Bertz CT molecular complexity index is 690. The molecule has 1 aliphatic rings. The topological polar surface area (TPSA) is 53.4 Å². The Balaban J connectivity index is 1.38. The number of nitrogens with zero attached hydrogens (tertiary/aromatic N) is 4. The summed E-state index contributed by atoms with van der Waals surface area (Å²) in [7, 11) is 2.17. The van der Waals surface area contributed by atoms with E-state index in [0.717, 1.165) is 50.3 Å². The third-order valence-corrected chi connectivity index (χ3v) is 4.92. The molecule has 6 heteroatoms. The first-order valence-corrected chi connectivity index (χ1v) is 9.19. The number of aromatic nitrogens is 2. The van der Waals surface area contributed by atoms with Crippen LogP contribution < -0.4 is 5.32 Å². The van der Waals surface area contributed by atoms with Crippen LogP contribution in [0.15, 0.2) is 30.6 Å². The molecule has 6 nitrogen and oxygen atoms in total. The van der Waals surface area contributed by atoms with E-state index in [0.29, 0.717) is 18.9 Å². The van der Waals surface area contributed by atoms with E-state index in [2.05, 4.69) is 34.1 Å². The molecular weight excluding hydrogens is 314 g/mol. The van der Waals surface area contributed by atoms with Crippen molar-refractivity contribution in [2.24, 2.45) is 5.92 Å². The summed E-state index contributed by atoms with van der Waals surface area (Å²) in [6.07, 6.45) is 2.30. The molecular formula is C19H29N5O. The van der Waals surface area contributed by atoms with Crippen LogP contribution in [0.5, 0.6) is 0 Å². The maximum atomic E-state index is 12.1. The summed E-state index contributed by atoms with van der Waals surface area (Å²) in [5, 5.41) is 3.08. The number of hydrogen-bond donors (Lipinski definition) is 1. The van der Waals surface area contributed by atoms with Crippen molar-refractivity contribution in [1.29, 1.82) is 0 Å². The molecule has 1 saturated heterocycles. The zero-order valence-corrected chi connectivity index (χ0v) is 15.3. The summed E-state index contributed by atoms with van der Waals surface area (Å²) in [6, 6.07) is 8.01. The first-order valence-electron chi connectivity index (χ1n) is 9.19.